The highest BCUT2D eigenvalue weighted by atomic mass is 19.1. The first-order chi connectivity index (χ1) is 15.6. The lowest BCUT2D eigenvalue weighted by Crippen LogP contribution is -2.43. The second-order valence-corrected chi connectivity index (χ2v) is 7.63. The number of carbonyl (C=O) groups is 1. The minimum atomic E-state index is 0.0636. The third-order valence-corrected chi connectivity index (χ3v) is 5.61. The van der Waals surface area contributed by atoms with Gasteiger partial charge in [0.2, 0.25) is 17.7 Å². The second kappa shape index (κ2) is 7.91. The molecule has 1 N–H and O–H groups in total. The molecule has 1 unspecified atom stereocenters. The van der Waals surface area contributed by atoms with Gasteiger partial charge in [-0.25, -0.2) is 13.6 Å². The van der Waals surface area contributed by atoms with Crippen molar-refractivity contribution < 1.29 is 13.9 Å². The van der Waals surface area contributed by atoms with Gasteiger partial charge in [-0.2, -0.15) is 4.98 Å². The first kappa shape index (κ1) is 19.9. The lowest BCUT2D eigenvalue weighted by atomic mass is 10.1. The molecule has 1 aliphatic heterocycles. The maximum absolute atomic E-state index is 12.7. The Balaban J connectivity index is 1.52. The molecule has 32 heavy (non-hydrogen) atoms. The number of likely N-dealkylation sites (tertiary alicyclic amines) is 1. The summed E-state index contributed by atoms with van der Waals surface area (Å²) in [4.78, 5) is 18.0. The van der Waals surface area contributed by atoms with Gasteiger partial charge in [-0.3, -0.25) is 4.79 Å². The van der Waals surface area contributed by atoms with E-state index in [4.69, 9.17) is 4.74 Å². The molecule has 164 valence electrons. The highest BCUT2D eigenvalue weighted by molar-refractivity contribution is 5.90. The van der Waals surface area contributed by atoms with Crippen LogP contribution < -0.4 is 10.1 Å². The Kier molecular flexibility index (Phi) is 4.92. The molecule has 0 radical (unpaired) electrons. The molecule has 4 aromatic rings. The SMILES string of the molecule is COc1nc(NC2CCC(=O)N(C)C2)nn2ccc(-c3ccc4nnn(C=CF)c4c3)c12. The van der Waals surface area contributed by atoms with E-state index in [2.05, 4.69) is 25.7 Å². The number of anilines is 1. The fourth-order valence-corrected chi connectivity index (χ4v) is 4.01. The van der Waals surface area contributed by atoms with Gasteiger partial charge >= 0.3 is 0 Å². The van der Waals surface area contributed by atoms with Crippen molar-refractivity contribution in [1.29, 1.82) is 0 Å². The number of ether oxygens (including phenoxy) is 1. The molecule has 1 amide bonds. The number of hydrogen-bond acceptors (Lipinski definition) is 7. The molecule has 1 atom stereocenters. The van der Waals surface area contributed by atoms with Gasteiger partial charge in [-0.05, 0) is 30.2 Å². The number of likely N-dealkylation sites (N-methyl/N-ethyl adjacent to an activating group) is 1. The van der Waals surface area contributed by atoms with Crippen molar-refractivity contribution in [3.63, 3.8) is 0 Å². The number of benzene rings is 1. The number of halogens is 1. The maximum atomic E-state index is 12.7. The Bertz CT molecular complexity index is 1340. The van der Waals surface area contributed by atoms with E-state index in [0.717, 1.165) is 17.5 Å². The average molecular weight is 436 g/mol. The summed E-state index contributed by atoms with van der Waals surface area (Å²) in [5, 5.41) is 15.9. The Hall–Kier alpha value is -4.02. The third-order valence-electron chi connectivity index (χ3n) is 5.61. The summed E-state index contributed by atoms with van der Waals surface area (Å²) in [6, 6.07) is 7.60. The van der Waals surface area contributed by atoms with Crippen molar-refractivity contribution in [2.45, 2.75) is 18.9 Å². The van der Waals surface area contributed by atoms with Crippen LogP contribution in [0.25, 0.3) is 33.9 Å². The zero-order valence-electron chi connectivity index (χ0n) is 17.6. The molecule has 1 saturated heterocycles. The Morgan fingerprint density at radius 1 is 1.31 bits per heavy atom. The molecule has 1 aromatic carbocycles. The van der Waals surface area contributed by atoms with E-state index in [-0.39, 0.29) is 11.9 Å². The van der Waals surface area contributed by atoms with E-state index < -0.39 is 0 Å². The summed E-state index contributed by atoms with van der Waals surface area (Å²) in [6.45, 7) is 0.592. The minimum absolute atomic E-state index is 0.0636. The van der Waals surface area contributed by atoms with Gasteiger partial charge in [0.15, 0.2) is 0 Å². The van der Waals surface area contributed by atoms with Crippen LogP contribution >= 0.6 is 0 Å². The number of aromatic nitrogens is 6. The number of amides is 1. The number of piperidine rings is 1. The van der Waals surface area contributed by atoms with Crippen molar-refractivity contribution in [1.82, 2.24) is 34.5 Å². The Morgan fingerprint density at radius 3 is 2.97 bits per heavy atom. The smallest absolute Gasteiger partial charge is 0.244 e. The van der Waals surface area contributed by atoms with E-state index in [1.807, 2.05) is 30.5 Å². The van der Waals surface area contributed by atoms with E-state index in [9.17, 15) is 9.18 Å². The molecule has 0 saturated carbocycles. The predicted octanol–water partition coefficient (Wildman–Crippen LogP) is 2.58. The molecule has 11 heteroatoms. The minimum Gasteiger partial charge on any atom is -0.479 e. The monoisotopic (exact) mass is 436 g/mol. The van der Waals surface area contributed by atoms with Gasteiger partial charge in [0.1, 0.15) is 17.4 Å². The Morgan fingerprint density at radius 2 is 2.19 bits per heavy atom. The maximum Gasteiger partial charge on any atom is 0.244 e. The molecular weight excluding hydrogens is 415 g/mol. The zero-order chi connectivity index (χ0) is 22.2. The number of rotatable bonds is 5. The molecule has 5 rings (SSSR count). The highest BCUT2D eigenvalue weighted by Gasteiger charge is 2.24. The van der Waals surface area contributed by atoms with Crippen molar-refractivity contribution in [3.05, 3.63) is 36.8 Å². The zero-order valence-corrected chi connectivity index (χ0v) is 17.6. The van der Waals surface area contributed by atoms with Crippen molar-refractivity contribution in [2.24, 2.45) is 0 Å². The molecule has 10 nitrogen and oxygen atoms in total. The normalized spacial score (nSPS) is 17.0. The number of hydrogen-bond donors (Lipinski definition) is 1. The van der Waals surface area contributed by atoms with Crippen LogP contribution in [0.15, 0.2) is 36.8 Å². The fraction of sp³-hybridized carbons (Fsp3) is 0.286. The van der Waals surface area contributed by atoms with Crippen LogP contribution in [0.1, 0.15) is 12.8 Å². The van der Waals surface area contributed by atoms with Gasteiger partial charge in [0, 0.05) is 37.8 Å². The first-order valence-electron chi connectivity index (χ1n) is 10.1. The first-order valence-corrected chi connectivity index (χ1v) is 10.1. The van der Waals surface area contributed by atoms with Crippen molar-refractivity contribution >= 4 is 34.6 Å². The second-order valence-electron chi connectivity index (χ2n) is 7.63. The molecule has 0 bridgehead atoms. The number of nitrogens with zero attached hydrogens (tertiary/aromatic N) is 7. The molecule has 0 spiro atoms. The van der Waals surface area contributed by atoms with Gasteiger partial charge in [-0.1, -0.05) is 11.3 Å². The summed E-state index contributed by atoms with van der Waals surface area (Å²) in [5.41, 5.74) is 3.75. The van der Waals surface area contributed by atoms with Crippen LogP contribution in [-0.2, 0) is 4.79 Å². The summed E-state index contributed by atoms with van der Waals surface area (Å²) in [6.07, 6.45) is 4.66. The molecular formula is C21H21FN8O2. The molecule has 3 aromatic heterocycles. The quantitative estimate of drug-likeness (QED) is 0.513. The van der Waals surface area contributed by atoms with Gasteiger partial charge in [0.25, 0.3) is 0 Å². The van der Waals surface area contributed by atoms with E-state index in [0.29, 0.717) is 47.7 Å². The number of nitrogens with one attached hydrogen (secondary N) is 1. The summed E-state index contributed by atoms with van der Waals surface area (Å²) in [5.74, 6) is 0.982. The molecule has 1 fully saturated rings. The van der Waals surface area contributed by atoms with Crippen LogP contribution in [-0.4, -0.2) is 67.1 Å². The van der Waals surface area contributed by atoms with E-state index in [1.54, 1.807) is 23.6 Å². The number of fused-ring (bicyclic) bond motifs is 2. The lowest BCUT2D eigenvalue weighted by Gasteiger charge is -2.30. The van der Waals surface area contributed by atoms with Gasteiger partial charge < -0.3 is 15.0 Å². The van der Waals surface area contributed by atoms with Gasteiger partial charge in [0.05, 0.1) is 18.8 Å². The third kappa shape index (κ3) is 3.41. The van der Waals surface area contributed by atoms with E-state index >= 15 is 0 Å². The number of methoxy groups -OCH3 is 1. The largest absolute Gasteiger partial charge is 0.479 e. The lowest BCUT2D eigenvalue weighted by molar-refractivity contribution is -0.132. The molecule has 4 heterocycles. The van der Waals surface area contributed by atoms with Crippen molar-refractivity contribution in [2.75, 3.05) is 26.0 Å². The van der Waals surface area contributed by atoms with E-state index in [1.165, 1.54) is 10.9 Å². The summed E-state index contributed by atoms with van der Waals surface area (Å²) >= 11 is 0. The fourth-order valence-electron chi connectivity index (χ4n) is 4.01. The standard InChI is InChI=1S/C21H21FN8O2/c1-28-12-14(4-6-18(28)31)23-21-24-20(32-2)19-15(7-9-30(19)26-21)13-3-5-16-17(11-13)29(10-8-22)27-25-16/h3,5,7-11,14H,4,6,12H2,1-2H3,(H,23,26). The summed E-state index contributed by atoms with van der Waals surface area (Å²) < 4.78 is 21.3. The highest BCUT2D eigenvalue weighted by Crippen LogP contribution is 2.33. The van der Waals surface area contributed by atoms with Crippen LogP contribution in [0.4, 0.5) is 10.3 Å². The summed E-state index contributed by atoms with van der Waals surface area (Å²) in [7, 11) is 3.35. The number of carbonyl (C=O) groups excluding carboxylic acids is 1. The topological polar surface area (TPSA) is 102 Å². The predicted molar refractivity (Wildman–Crippen MR) is 117 cm³/mol. The van der Waals surface area contributed by atoms with Crippen LogP contribution in [0.5, 0.6) is 5.88 Å². The Labute approximate surface area is 182 Å². The van der Waals surface area contributed by atoms with Crippen molar-refractivity contribution in [3.8, 4) is 17.0 Å². The van der Waals surface area contributed by atoms with Crippen LogP contribution in [0.2, 0.25) is 0 Å². The average Bonchev–Trinajstić information content (AvgIpc) is 3.40. The molecule has 0 aliphatic carbocycles. The molecule has 1 aliphatic rings. The van der Waals surface area contributed by atoms with Gasteiger partial charge in [-0.15, -0.1) is 10.2 Å². The van der Waals surface area contributed by atoms with Crippen LogP contribution in [0, 0.1) is 0 Å². The van der Waals surface area contributed by atoms with Crippen LogP contribution in [0.3, 0.4) is 0 Å².